The lowest BCUT2D eigenvalue weighted by Gasteiger charge is -2.43. The molecule has 18 heteroatoms. The summed E-state index contributed by atoms with van der Waals surface area (Å²) in [5.41, 5.74) is 2.67. The molecule has 2 saturated carbocycles. The van der Waals surface area contributed by atoms with Crippen LogP contribution in [0.15, 0.2) is 72.4 Å². The van der Waals surface area contributed by atoms with Crippen LogP contribution in [0.25, 0.3) is 0 Å². The number of nitrogens with zero attached hydrogens (tertiary/aromatic N) is 6. The molecule has 3 amide bonds. The predicted molar refractivity (Wildman–Crippen MR) is 260 cm³/mol. The maximum atomic E-state index is 14.5. The first kappa shape index (κ1) is 47.8. The number of hydrogen-bond donors (Lipinski definition) is 4. The Bertz CT molecular complexity index is 2710. The van der Waals surface area contributed by atoms with E-state index < -0.39 is 35.2 Å². The number of nitrogens with one attached hydrogen (secondary N) is 4. The normalized spacial score (nSPS) is 23.4. The summed E-state index contributed by atoms with van der Waals surface area (Å²) < 4.78 is 37.1. The molecular weight excluding hydrogens is 915 g/mol. The number of hydrogen-bond acceptors (Lipinski definition) is 11. The molecule has 3 unspecified atom stereocenters. The van der Waals surface area contributed by atoms with Crippen molar-refractivity contribution < 1.29 is 32.7 Å². The van der Waals surface area contributed by atoms with Gasteiger partial charge in [-0.3, -0.25) is 29.0 Å². The fourth-order valence-corrected chi connectivity index (χ4v) is 12.4. The van der Waals surface area contributed by atoms with E-state index >= 15 is 0 Å². The topological polar surface area (TPSA) is 179 Å². The van der Waals surface area contributed by atoms with E-state index in [0.29, 0.717) is 47.1 Å². The minimum Gasteiger partial charge on any atom is -0.494 e. The van der Waals surface area contributed by atoms with Crippen LogP contribution in [0.2, 0.25) is 0 Å². The van der Waals surface area contributed by atoms with E-state index in [1.807, 2.05) is 46.1 Å². The van der Waals surface area contributed by atoms with E-state index in [0.717, 1.165) is 81.6 Å². The van der Waals surface area contributed by atoms with Gasteiger partial charge in [-0.25, -0.2) is 13.8 Å². The molecule has 5 aromatic rings. The number of fused-ring (bicyclic) bond motifs is 2. The number of alkyl halides is 2. The summed E-state index contributed by atoms with van der Waals surface area (Å²) >= 11 is 1.40. The Morgan fingerprint density at radius 2 is 1.80 bits per heavy atom. The summed E-state index contributed by atoms with van der Waals surface area (Å²) in [7, 11) is 1.74. The number of likely N-dealkylation sites (tertiary alicyclic amines) is 2. The summed E-state index contributed by atoms with van der Waals surface area (Å²) in [5, 5.41) is 23.3. The van der Waals surface area contributed by atoms with E-state index in [2.05, 4.69) is 48.3 Å². The lowest BCUT2D eigenvalue weighted by molar-refractivity contribution is -0.139. The first-order chi connectivity index (χ1) is 33.8. The first-order valence-electron chi connectivity index (χ1n) is 24.9. The molecule has 0 bridgehead atoms. The Morgan fingerprint density at radius 1 is 1.00 bits per heavy atom. The van der Waals surface area contributed by atoms with Crippen LogP contribution in [0.5, 0.6) is 5.75 Å². The molecule has 2 aliphatic heterocycles. The number of thiazole rings is 1. The number of rotatable bonds is 18. The van der Waals surface area contributed by atoms with Crippen molar-refractivity contribution in [3.8, 4) is 5.75 Å². The van der Waals surface area contributed by atoms with Gasteiger partial charge in [0.2, 0.25) is 17.6 Å². The lowest BCUT2D eigenvalue weighted by atomic mass is 9.83. The van der Waals surface area contributed by atoms with Gasteiger partial charge in [0.05, 0.1) is 36.6 Å². The van der Waals surface area contributed by atoms with Crippen molar-refractivity contribution in [2.45, 2.75) is 108 Å². The highest BCUT2D eigenvalue weighted by Crippen LogP contribution is 2.70. The molecule has 4 N–H and O–H groups in total. The summed E-state index contributed by atoms with van der Waals surface area (Å²) in [6, 6.07) is 16.0. The Labute approximate surface area is 410 Å². The molecular formula is C52H62F2N10O5S. The quantitative estimate of drug-likeness (QED) is 0.0517. The standard InChI is InChI=1S/C52H62F2N10O5S/c1-31(55-3)47(66)59-43(32-13-6-4-7-14-32)50(68)63-21-11-19-41(63)49-58-40(30-70-49)46(65)34-17-10-18-37(23-34)69-22-12-20-62-27-35(28-62)45(33-15-8-5-9-16-33)64-29-36(26-56-64)57-48(67)44-38-24-42-51(2,52(42,53)54)25-39(38)60-61-44/h5,8-10,15-18,23,26,29-32,35,41-43,45,55H,4,6-7,11-14,19-22,24-25,27-28H2,1-3H3,(H,57,67)(H,59,66)(H,60,61)/t31?,41-,42-,43?,45?,51+/m0/s1. The van der Waals surface area contributed by atoms with Gasteiger partial charge in [-0.1, -0.05) is 68.7 Å². The van der Waals surface area contributed by atoms with Gasteiger partial charge in [0.25, 0.3) is 11.8 Å². The molecule has 4 fully saturated rings. The first-order valence-corrected chi connectivity index (χ1v) is 25.8. The second-order valence-electron chi connectivity index (χ2n) is 20.3. The zero-order chi connectivity index (χ0) is 48.7. The van der Waals surface area contributed by atoms with Crippen molar-refractivity contribution in [2.75, 3.05) is 45.2 Å². The number of benzene rings is 2. The molecule has 10 rings (SSSR count). The molecule has 5 heterocycles. The molecule has 0 spiro atoms. The van der Waals surface area contributed by atoms with Gasteiger partial charge in [0, 0.05) is 78.2 Å². The molecule has 0 radical (unpaired) electrons. The number of aromatic nitrogens is 5. The molecule has 2 saturated heterocycles. The number of carbonyl (C=O) groups excluding carboxylic acids is 4. The lowest BCUT2D eigenvalue weighted by Crippen LogP contribution is -2.55. The van der Waals surface area contributed by atoms with Crippen molar-refractivity contribution >= 4 is 40.5 Å². The molecule has 6 atom stereocenters. The largest absolute Gasteiger partial charge is 0.494 e. The van der Waals surface area contributed by atoms with Crippen molar-refractivity contribution in [3.05, 3.63) is 111 Å². The van der Waals surface area contributed by atoms with Crippen molar-refractivity contribution in [1.82, 2.24) is 45.4 Å². The maximum Gasteiger partial charge on any atom is 0.276 e. The van der Waals surface area contributed by atoms with Crippen LogP contribution in [0.4, 0.5) is 14.5 Å². The van der Waals surface area contributed by atoms with Gasteiger partial charge in [-0.2, -0.15) is 10.2 Å². The van der Waals surface area contributed by atoms with Crippen LogP contribution in [-0.2, 0) is 22.4 Å². The van der Waals surface area contributed by atoms with Crippen LogP contribution in [0, 0.1) is 23.2 Å². The number of amides is 3. The van der Waals surface area contributed by atoms with Crippen LogP contribution < -0.4 is 20.7 Å². The van der Waals surface area contributed by atoms with Gasteiger partial charge >= 0.3 is 0 Å². The molecule has 2 aromatic carbocycles. The third-order valence-corrected chi connectivity index (χ3v) is 16.7. The average Bonchev–Trinajstić information content (AvgIpc) is 4.12. The van der Waals surface area contributed by atoms with Crippen LogP contribution in [-0.4, -0.2) is 116 Å². The number of ether oxygens (including phenoxy) is 1. The van der Waals surface area contributed by atoms with Gasteiger partial charge in [-0.15, -0.1) is 11.3 Å². The minimum atomic E-state index is -2.75. The van der Waals surface area contributed by atoms with E-state index in [1.54, 1.807) is 44.6 Å². The number of H-pyrrole nitrogens is 1. The maximum absolute atomic E-state index is 14.5. The number of aromatic amines is 1. The fourth-order valence-electron chi connectivity index (χ4n) is 11.4. The molecule has 370 valence electrons. The van der Waals surface area contributed by atoms with E-state index in [-0.39, 0.29) is 60.1 Å². The Balaban J connectivity index is 0.713. The zero-order valence-corrected chi connectivity index (χ0v) is 40.8. The number of halogens is 2. The summed E-state index contributed by atoms with van der Waals surface area (Å²) in [6.45, 7) is 6.94. The second kappa shape index (κ2) is 19.7. The van der Waals surface area contributed by atoms with Gasteiger partial charge in [0.15, 0.2) is 5.69 Å². The number of ketones is 1. The predicted octanol–water partition coefficient (Wildman–Crippen LogP) is 7.24. The van der Waals surface area contributed by atoms with Crippen LogP contribution in [0.3, 0.4) is 0 Å². The van der Waals surface area contributed by atoms with E-state index in [9.17, 15) is 28.0 Å². The average molecular weight is 977 g/mol. The Morgan fingerprint density at radius 3 is 2.59 bits per heavy atom. The van der Waals surface area contributed by atoms with Gasteiger partial charge in [-0.05, 0) is 76.1 Å². The number of likely N-dealkylation sites (N-methyl/N-ethyl adjacent to an activating group) is 1. The number of anilines is 1. The fraction of sp³-hybridized carbons (Fsp3) is 0.519. The monoisotopic (exact) mass is 976 g/mol. The SMILES string of the molecule is CNC(C)C(=O)NC(C(=O)N1CCC[C@H]1c1nc(C(=O)c2cccc(OCCCN3CC(C(c4ccccc4)n4cc(NC(=O)c5n[nH]c6c5C[C@@H]5C(F)(F)[C@]5(C)C6)cn4)C3)c2)cs1)C1CCCCC1. The third kappa shape index (κ3) is 9.29. The molecule has 3 aliphatic carbocycles. The highest BCUT2D eigenvalue weighted by molar-refractivity contribution is 7.10. The van der Waals surface area contributed by atoms with Gasteiger partial charge < -0.3 is 30.5 Å². The number of carbonyl (C=O) groups is 4. The molecule has 5 aliphatic rings. The molecule has 3 aromatic heterocycles. The van der Waals surface area contributed by atoms with Crippen LogP contribution in [0.1, 0.15) is 126 Å². The third-order valence-electron chi connectivity index (χ3n) is 15.8. The molecule has 15 nitrogen and oxygen atoms in total. The van der Waals surface area contributed by atoms with Crippen molar-refractivity contribution in [2.24, 2.45) is 23.2 Å². The zero-order valence-electron chi connectivity index (χ0n) is 40.0. The highest BCUT2D eigenvalue weighted by atomic mass is 32.1. The van der Waals surface area contributed by atoms with Gasteiger partial charge in [0.1, 0.15) is 22.5 Å². The summed E-state index contributed by atoms with van der Waals surface area (Å²) in [6.07, 6.45) is 11.1. The van der Waals surface area contributed by atoms with E-state index in [4.69, 9.17) is 9.72 Å². The Hall–Kier alpha value is -5.85. The van der Waals surface area contributed by atoms with E-state index in [1.165, 1.54) is 11.3 Å². The van der Waals surface area contributed by atoms with Crippen molar-refractivity contribution in [1.29, 1.82) is 0 Å². The van der Waals surface area contributed by atoms with Crippen LogP contribution >= 0.6 is 11.3 Å². The smallest absolute Gasteiger partial charge is 0.276 e. The second-order valence-corrected chi connectivity index (χ2v) is 21.1. The summed E-state index contributed by atoms with van der Waals surface area (Å²) in [5.74, 6) is -3.48. The minimum absolute atomic E-state index is 0.0608. The molecule has 70 heavy (non-hydrogen) atoms. The Kier molecular flexibility index (Phi) is 13.5. The summed E-state index contributed by atoms with van der Waals surface area (Å²) in [4.78, 5) is 63.6. The van der Waals surface area contributed by atoms with Crippen molar-refractivity contribution in [3.63, 3.8) is 0 Å². The highest BCUT2D eigenvalue weighted by Gasteiger charge is 2.78.